The highest BCUT2D eigenvalue weighted by Gasteiger charge is 2.21. The summed E-state index contributed by atoms with van der Waals surface area (Å²) in [5, 5.41) is 13.3. The van der Waals surface area contributed by atoms with Crippen LogP contribution in [-0.2, 0) is 0 Å². The third kappa shape index (κ3) is 2.70. The van der Waals surface area contributed by atoms with Gasteiger partial charge in [0.25, 0.3) is 0 Å². The van der Waals surface area contributed by atoms with E-state index in [0.29, 0.717) is 17.4 Å². The summed E-state index contributed by atoms with van der Waals surface area (Å²) in [6.45, 7) is 2.26. The van der Waals surface area contributed by atoms with Gasteiger partial charge in [0, 0.05) is 6.04 Å². The van der Waals surface area contributed by atoms with Crippen molar-refractivity contribution < 1.29 is 0 Å². The van der Waals surface area contributed by atoms with Crippen molar-refractivity contribution in [1.29, 1.82) is 5.26 Å². The van der Waals surface area contributed by atoms with Crippen LogP contribution in [0.5, 0.6) is 0 Å². The molecule has 0 bridgehead atoms. The van der Waals surface area contributed by atoms with Gasteiger partial charge in [0.1, 0.15) is 16.6 Å². The maximum atomic E-state index is 8.99. The lowest BCUT2D eigenvalue weighted by Gasteiger charge is -2.28. The minimum atomic E-state index is 0.349. The van der Waals surface area contributed by atoms with E-state index in [1.807, 2.05) is 0 Å². The molecule has 0 radical (unpaired) electrons. The van der Waals surface area contributed by atoms with E-state index in [2.05, 4.69) is 22.7 Å². The topological polar surface area (TPSA) is 74.7 Å². The lowest BCUT2D eigenvalue weighted by atomic mass is 9.84. The van der Waals surface area contributed by atoms with Crippen molar-refractivity contribution in [2.75, 3.05) is 11.1 Å². The Morgan fingerprint density at radius 1 is 1.47 bits per heavy atom. The average molecular weight is 250 g/mol. The summed E-state index contributed by atoms with van der Waals surface area (Å²) in [5.41, 5.74) is 6.14. The molecule has 1 saturated carbocycles. The maximum Gasteiger partial charge on any atom is 0.157 e. The van der Waals surface area contributed by atoms with Crippen LogP contribution in [0.3, 0.4) is 0 Å². The van der Waals surface area contributed by atoms with Gasteiger partial charge in [-0.1, -0.05) is 13.3 Å². The Bertz CT molecular complexity index is 413. The summed E-state index contributed by atoms with van der Waals surface area (Å²) in [6, 6.07) is 2.59. The molecule has 0 aromatic carbocycles. The largest absolute Gasteiger partial charge is 0.382 e. The number of anilines is 2. The molecule has 17 heavy (non-hydrogen) atoms. The van der Waals surface area contributed by atoms with Gasteiger partial charge < -0.3 is 11.1 Å². The van der Waals surface area contributed by atoms with Gasteiger partial charge >= 0.3 is 0 Å². The van der Waals surface area contributed by atoms with Crippen LogP contribution in [0.25, 0.3) is 0 Å². The first-order valence-corrected chi connectivity index (χ1v) is 6.93. The van der Waals surface area contributed by atoms with Crippen molar-refractivity contribution in [3.8, 4) is 6.07 Å². The van der Waals surface area contributed by atoms with E-state index in [-0.39, 0.29) is 0 Å². The highest BCUT2D eigenvalue weighted by molar-refractivity contribution is 7.10. The summed E-state index contributed by atoms with van der Waals surface area (Å²) in [6.07, 6.45) is 6.21. The van der Waals surface area contributed by atoms with E-state index in [0.717, 1.165) is 10.9 Å². The molecule has 2 rings (SSSR count). The molecular weight excluding hydrogens is 232 g/mol. The molecule has 5 heteroatoms. The molecule has 0 amide bonds. The van der Waals surface area contributed by atoms with Crippen LogP contribution in [0.1, 0.15) is 44.6 Å². The first-order valence-electron chi connectivity index (χ1n) is 6.16. The molecule has 1 aliphatic carbocycles. The lowest BCUT2D eigenvalue weighted by molar-refractivity contribution is 0.330. The van der Waals surface area contributed by atoms with Gasteiger partial charge in [-0.25, -0.2) is 0 Å². The minimum absolute atomic E-state index is 0.349. The molecular formula is C12H18N4S. The molecule has 1 heterocycles. The van der Waals surface area contributed by atoms with Gasteiger partial charge in [-0.3, -0.25) is 0 Å². The second kappa shape index (κ2) is 5.37. The van der Waals surface area contributed by atoms with Gasteiger partial charge in [-0.15, -0.1) is 0 Å². The summed E-state index contributed by atoms with van der Waals surface area (Å²) >= 11 is 1.29. The Morgan fingerprint density at radius 2 is 2.18 bits per heavy atom. The monoisotopic (exact) mass is 250 g/mol. The van der Waals surface area contributed by atoms with Crippen LogP contribution in [0.15, 0.2) is 0 Å². The molecule has 1 aromatic heterocycles. The standard InChI is InChI=1S/C12H18N4S/c1-2-8-3-5-9(6-4-8)15-12-10(7-13)11(14)16-17-12/h8-9,15H,2-6H2,1H3,(H2,14,16). The molecule has 0 spiro atoms. The summed E-state index contributed by atoms with van der Waals surface area (Å²) in [4.78, 5) is 0. The third-order valence-electron chi connectivity index (χ3n) is 3.59. The molecule has 0 atom stereocenters. The Hall–Kier alpha value is -1.28. The molecule has 0 saturated heterocycles. The third-order valence-corrected chi connectivity index (χ3v) is 4.38. The number of hydrogen-bond donors (Lipinski definition) is 2. The lowest BCUT2D eigenvalue weighted by Crippen LogP contribution is -2.25. The summed E-state index contributed by atoms with van der Waals surface area (Å²) < 4.78 is 4.02. The minimum Gasteiger partial charge on any atom is -0.382 e. The normalized spacial score (nSPS) is 24.2. The molecule has 1 fully saturated rings. The van der Waals surface area contributed by atoms with E-state index in [4.69, 9.17) is 11.0 Å². The number of nitrogens with one attached hydrogen (secondary N) is 1. The van der Waals surface area contributed by atoms with Gasteiger partial charge in [0.15, 0.2) is 5.82 Å². The number of rotatable bonds is 3. The van der Waals surface area contributed by atoms with Crippen LogP contribution >= 0.6 is 11.5 Å². The van der Waals surface area contributed by atoms with Crippen LogP contribution in [-0.4, -0.2) is 10.4 Å². The van der Waals surface area contributed by atoms with E-state index in [9.17, 15) is 0 Å². The predicted molar refractivity (Wildman–Crippen MR) is 70.9 cm³/mol. The van der Waals surface area contributed by atoms with Gasteiger partial charge in [-0.2, -0.15) is 9.64 Å². The second-order valence-corrected chi connectivity index (χ2v) is 5.43. The van der Waals surface area contributed by atoms with Gasteiger partial charge in [0.2, 0.25) is 0 Å². The van der Waals surface area contributed by atoms with Crippen molar-refractivity contribution in [3.63, 3.8) is 0 Å². The number of aromatic nitrogens is 1. The van der Waals surface area contributed by atoms with Crippen LogP contribution in [0.2, 0.25) is 0 Å². The highest BCUT2D eigenvalue weighted by atomic mass is 32.1. The van der Waals surface area contributed by atoms with Crippen molar-refractivity contribution in [1.82, 2.24) is 4.37 Å². The van der Waals surface area contributed by atoms with E-state index >= 15 is 0 Å². The zero-order chi connectivity index (χ0) is 12.3. The SMILES string of the molecule is CCC1CCC(Nc2snc(N)c2C#N)CC1. The number of hydrogen-bond acceptors (Lipinski definition) is 5. The summed E-state index contributed by atoms with van der Waals surface area (Å²) in [5.74, 6) is 1.23. The number of nitriles is 1. The smallest absolute Gasteiger partial charge is 0.157 e. The first-order chi connectivity index (χ1) is 8.24. The molecule has 92 valence electrons. The quantitative estimate of drug-likeness (QED) is 0.864. The molecule has 1 aromatic rings. The Balaban J connectivity index is 1.96. The van der Waals surface area contributed by atoms with Crippen LogP contribution < -0.4 is 11.1 Å². The van der Waals surface area contributed by atoms with E-state index < -0.39 is 0 Å². The summed E-state index contributed by atoms with van der Waals surface area (Å²) in [7, 11) is 0. The number of nitrogen functional groups attached to an aromatic ring is 1. The fourth-order valence-corrected chi connectivity index (χ4v) is 3.15. The maximum absolute atomic E-state index is 8.99. The Kier molecular flexibility index (Phi) is 3.85. The predicted octanol–water partition coefficient (Wildman–Crippen LogP) is 2.98. The highest BCUT2D eigenvalue weighted by Crippen LogP contribution is 2.32. The molecule has 0 aliphatic heterocycles. The first kappa shape index (κ1) is 12.2. The van der Waals surface area contributed by atoms with Crippen molar-refractivity contribution in [2.45, 2.75) is 45.1 Å². The van der Waals surface area contributed by atoms with Crippen molar-refractivity contribution >= 4 is 22.4 Å². The van der Waals surface area contributed by atoms with E-state index in [1.165, 1.54) is 43.6 Å². The zero-order valence-corrected chi connectivity index (χ0v) is 10.9. The fourth-order valence-electron chi connectivity index (χ4n) is 2.41. The van der Waals surface area contributed by atoms with Crippen LogP contribution in [0, 0.1) is 17.2 Å². The fraction of sp³-hybridized carbons (Fsp3) is 0.667. The van der Waals surface area contributed by atoms with Gasteiger partial charge in [0.05, 0.1) is 0 Å². The average Bonchev–Trinajstić information content (AvgIpc) is 2.71. The Labute approximate surface area is 106 Å². The van der Waals surface area contributed by atoms with Crippen molar-refractivity contribution in [3.05, 3.63) is 5.56 Å². The van der Waals surface area contributed by atoms with Crippen molar-refractivity contribution in [2.24, 2.45) is 5.92 Å². The molecule has 4 nitrogen and oxygen atoms in total. The molecule has 0 unspecified atom stereocenters. The Morgan fingerprint density at radius 3 is 2.76 bits per heavy atom. The number of nitrogens with two attached hydrogens (primary N) is 1. The van der Waals surface area contributed by atoms with Crippen LogP contribution in [0.4, 0.5) is 10.8 Å². The zero-order valence-electron chi connectivity index (χ0n) is 10.1. The van der Waals surface area contributed by atoms with Gasteiger partial charge in [-0.05, 0) is 43.1 Å². The van der Waals surface area contributed by atoms with E-state index in [1.54, 1.807) is 0 Å². The molecule has 3 N–H and O–H groups in total. The number of nitrogens with zero attached hydrogens (tertiary/aromatic N) is 2. The molecule has 1 aliphatic rings. The second-order valence-electron chi connectivity index (χ2n) is 4.65.